The summed E-state index contributed by atoms with van der Waals surface area (Å²) in [6.07, 6.45) is 0. The molecule has 0 aliphatic carbocycles. The largest absolute Gasteiger partial charge is 0.504 e. The first-order valence-corrected chi connectivity index (χ1v) is 8.37. The highest BCUT2D eigenvalue weighted by molar-refractivity contribution is 7.15. The molecule has 3 rings (SSSR count). The number of carbonyl (C=O) groups is 1. The molecule has 0 saturated carbocycles. The van der Waals surface area contributed by atoms with E-state index < -0.39 is 6.04 Å². The van der Waals surface area contributed by atoms with Crippen LogP contribution in [0.1, 0.15) is 17.4 Å². The number of hydrogen-bond acceptors (Lipinski definition) is 5. The lowest BCUT2D eigenvalue weighted by atomic mass is 10.1. The molecule has 122 valence electrons. The number of rotatable bonds is 2. The first-order chi connectivity index (χ1) is 11.0. The van der Waals surface area contributed by atoms with Gasteiger partial charge < -0.3 is 20.5 Å². The molecule has 6 heteroatoms. The number of ether oxygens (including phenoxy) is 1. The minimum Gasteiger partial charge on any atom is -0.504 e. The third kappa shape index (κ3) is 3.18. The van der Waals surface area contributed by atoms with Crippen LogP contribution >= 0.6 is 11.3 Å². The fraction of sp³-hybridized carbons (Fsp3) is 0.353. The third-order valence-corrected chi connectivity index (χ3v) is 4.89. The number of benzene rings is 1. The summed E-state index contributed by atoms with van der Waals surface area (Å²) < 4.78 is 5.65. The summed E-state index contributed by atoms with van der Waals surface area (Å²) in [6.45, 7) is 4.92. The highest BCUT2D eigenvalue weighted by Gasteiger charge is 2.24. The van der Waals surface area contributed by atoms with Crippen molar-refractivity contribution < 1.29 is 14.6 Å². The molecule has 0 spiro atoms. The number of nitrogens with zero attached hydrogens (tertiary/aromatic N) is 1. The van der Waals surface area contributed by atoms with Crippen LogP contribution in [-0.2, 0) is 11.3 Å². The first kappa shape index (κ1) is 15.8. The highest BCUT2D eigenvalue weighted by Crippen LogP contribution is 2.39. The monoisotopic (exact) mass is 332 g/mol. The van der Waals surface area contributed by atoms with Crippen molar-refractivity contribution in [3.8, 4) is 21.9 Å². The van der Waals surface area contributed by atoms with Gasteiger partial charge in [0.05, 0.1) is 12.6 Å². The van der Waals surface area contributed by atoms with E-state index in [0.717, 1.165) is 16.0 Å². The van der Waals surface area contributed by atoms with E-state index in [0.29, 0.717) is 25.4 Å². The van der Waals surface area contributed by atoms with E-state index in [4.69, 9.17) is 10.5 Å². The molecule has 0 radical (unpaired) electrons. The van der Waals surface area contributed by atoms with E-state index in [1.807, 2.05) is 25.1 Å². The van der Waals surface area contributed by atoms with Gasteiger partial charge in [-0.3, -0.25) is 4.79 Å². The number of nitrogens with two attached hydrogens (primary N) is 1. The molecule has 23 heavy (non-hydrogen) atoms. The summed E-state index contributed by atoms with van der Waals surface area (Å²) in [5, 5.41) is 10.3. The number of aromatic hydroxyl groups is 1. The van der Waals surface area contributed by atoms with Crippen LogP contribution in [0.4, 0.5) is 0 Å². The molecule has 1 aromatic heterocycles. The molecule has 1 amide bonds. The maximum absolute atomic E-state index is 12.2. The van der Waals surface area contributed by atoms with Gasteiger partial charge in [0.2, 0.25) is 5.91 Å². The van der Waals surface area contributed by atoms with Crippen LogP contribution in [-0.4, -0.2) is 35.1 Å². The predicted octanol–water partition coefficient (Wildman–Crippen LogP) is 2.50. The summed E-state index contributed by atoms with van der Waals surface area (Å²) in [6, 6.07) is 7.22. The van der Waals surface area contributed by atoms with Gasteiger partial charge in [-0.15, -0.1) is 11.3 Å². The average molecular weight is 332 g/mol. The van der Waals surface area contributed by atoms with Gasteiger partial charge in [-0.05, 0) is 43.7 Å². The lowest BCUT2D eigenvalue weighted by Crippen LogP contribution is -2.42. The normalized spacial score (nSPS) is 15.5. The zero-order valence-electron chi connectivity index (χ0n) is 13.2. The molecular weight excluding hydrogens is 312 g/mol. The van der Waals surface area contributed by atoms with Crippen molar-refractivity contribution in [2.45, 2.75) is 26.4 Å². The van der Waals surface area contributed by atoms with Crippen molar-refractivity contribution in [2.75, 3.05) is 13.2 Å². The fourth-order valence-electron chi connectivity index (χ4n) is 2.71. The maximum atomic E-state index is 12.2. The van der Waals surface area contributed by atoms with Crippen molar-refractivity contribution in [3.63, 3.8) is 0 Å². The number of thiophene rings is 1. The minimum atomic E-state index is -0.548. The zero-order valence-corrected chi connectivity index (χ0v) is 14.0. The van der Waals surface area contributed by atoms with Gasteiger partial charge in [-0.2, -0.15) is 0 Å². The van der Waals surface area contributed by atoms with Crippen molar-refractivity contribution in [1.29, 1.82) is 0 Å². The second-order valence-corrected chi connectivity index (χ2v) is 7.08. The van der Waals surface area contributed by atoms with Crippen LogP contribution in [0.2, 0.25) is 0 Å². The molecule has 3 N–H and O–H groups in total. The molecule has 1 aromatic carbocycles. The fourth-order valence-corrected chi connectivity index (χ4v) is 3.56. The number of phenols is 1. The first-order valence-electron chi connectivity index (χ1n) is 7.55. The molecule has 0 saturated heterocycles. The average Bonchev–Trinajstić information content (AvgIpc) is 2.81. The smallest absolute Gasteiger partial charge is 0.239 e. The Hall–Kier alpha value is -2.05. The van der Waals surface area contributed by atoms with E-state index in [-0.39, 0.29) is 11.7 Å². The van der Waals surface area contributed by atoms with Gasteiger partial charge in [0, 0.05) is 21.9 Å². The number of amides is 1. The number of hydrogen-bond donors (Lipinski definition) is 2. The summed E-state index contributed by atoms with van der Waals surface area (Å²) in [7, 11) is 0. The van der Waals surface area contributed by atoms with Crippen LogP contribution < -0.4 is 10.5 Å². The Labute approximate surface area is 139 Å². The van der Waals surface area contributed by atoms with Crippen LogP contribution in [0.15, 0.2) is 24.3 Å². The zero-order chi connectivity index (χ0) is 16.6. The lowest BCUT2D eigenvalue weighted by Gasteiger charge is -2.21. The van der Waals surface area contributed by atoms with Gasteiger partial charge in [0.15, 0.2) is 11.5 Å². The SMILES string of the molecule is Cc1ccc(-c2cc(O)c3c(c2)CN(C(=O)[C@@H](C)N)CCO3)s1. The van der Waals surface area contributed by atoms with E-state index in [1.54, 1.807) is 29.2 Å². The molecule has 5 nitrogen and oxygen atoms in total. The van der Waals surface area contributed by atoms with Crippen LogP contribution in [0.5, 0.6) is 11.5 Å². The minimum absolute atomic E-state index is 0.110. The topological polar surface area (TPSA) is 75.8 Å². The van der Waals surface area contributed by atoms with Crippen LogP contribution in [0.25, 0.3) is 10.4 Å². The van der Waals surface area contributed by atoms with E-state index in [1.165, 1.54) is 4.88 Å². The summed E-state index contributed by atoms with van der Waals surface area (Å²) >= 11 is 1.66. The van der Waals surface area contributed by atoms with E-state index in [9.17, 15) is 9.90 Å². The molecule has 1 aliphatic heterocycles. The molecule has 1 aliphatic rings. The lowest BCUT2D eigenvalue weighted by molar-refractivity contribution is -0.132. The van der Waals surface area contributed by atoms with Gasteiger partial charge in [-0.25, -0.2) is 0 Å². The van der Waals surface area contributed by atoms with Crippen LogP contribution in [0.3, 0.4) is 0 Å². The van der Waals surface area contributed by atoms with E-state index >= 15 is 0 Å². The summed E-state index contributed by atoms with van der Waals surface area (Å²) in [4.78, 5) is 16.2. The predicted molar refractivity (Wildman–Crippen MR) is 90.7 cm³/mol. The number of aryl methyl sites for hydroxylation is 1. The Kier molecular flexibility index (Phi) is 4.28. The van der Waals surface area contributed by atoms with Gasteiger partial charge in [-0.1, -0.05) is 0 Å². The summed E-state index contributed by atoms with van der Waals surface area (Å²) in [5.74, 6) is 0.457. The Balaban J connectivity index is 1.99. The van der Waals surface area contributed by atoms with Crippen molar-refractivity contribution in [3.05, 3.63) is 34.7 Å². The highest BCUT2D eigenvalue weighted by atomic mass is 32.1. The van der Waals surface area contributed by atoms with Crippen molar-refractivity contribution >= 4 is 17.2 Å². The second-order valence-electron chi connectivity index (χ2n) is 5.79. The second kappa shape index (κ2) is 6.22. The number of carbonyl (C=O) groups excluding carboxylic acids is 1. The van der Waals surface area contributed by atoms with Gasteiger partial charge >= 0.3 is 0 Å². The number of phenolic OH excluding ortho intramolecular Hbond substituents is 1. The Morgan fingerprint density at radius 3 is 2.87 bits per heavy atom. The molecule has 2 aromatic rings. The Morgan fingerprint density at radius 2 is 2.22 bits per heavy atom. The molecule has 2 heterocycles. The van der Waals surface area contributed by atoms with Gasteiger partial charge in [0.1, 0.15) is 6.61 Å². The van der Waals surface area contributed by atoms with E-state index in [2.05, 4.69) is 0 Å². The van der Waals surface area contributed by atoms with Crippen LogP contribution in [0, 0.1) is 6.92 Å². The standard InChI is InChI=1S/C17H20N2O3S/c1-10-3-4-15(23-10)12-7-13-9-19(17(21)11(2)18)5-6-22-16(13)14(20)8-12/h3-4,7-8,11,20H,5-6,9,18H2,1-2H3/t11-/m1/s1. The van der Waals surface area contributed by atoms with Crippen molar-refractivity contribution in [1.82, 2.24) is 4.90 Å². The number of fused-ring (bicyclic) bond motifs is 1. The molecule has 1 atom stereocenters. The molecule has 0 unspecified atom stereocenters. The maximum Gasteiger partial charge on any atom is 0.239 e. The van der Waals surface area contributed by atoms with Gasteiger partial charge in [0.25, 0.3) is 0 Å². The molecular formula is C17H20N2O3S. The summed E-state index contributed by atoms with van der Waals surface area (Å²) in [5.41, 5.74) is 7.44. The quantitative estimate of drug-likeness (QED) is 0.886. The molecule has 0 bridgehead atoms. The molecule has 0 fully saturated rings. The Morgan fingerprint density at radius 1 is 1.43 bits per heavy atom. The Bertz CT molecular complexity index is 739. The van der Waals surface area contributed by atoms with Crippen molar-refractivity contribution in [2.24, 2.45) is 5.73 Å². The third-order valence-electron chi connectivity index (χ3n) is 3.84.